The van der Waals surface area contributed by atoms with Gasteiger partial charge in [-0.1, -0.05) is 44.5 Å². The van der Waals surface area contributed by atoms with Crippen LogP contribution in [0, 0.1) is 5.92 Å². The van der Waals surface area contributed by atoms with E-state index in [4.69, 9.17) is 5.73 Å². The zero-order chi connectivity index (χ0) is 17.4. The molecule has 1 amide bonds. The first-order valence-corrected chi connectivity index (χ1v) is 9.45. The summed E-state index contributed by atoms with van der Waals surface area (Å²) in [6.07, 6.45) is 5.20. The van der Waals surface area contributed by atoms with Crippen molar-refractivity contribution in [2.24, 2.45) is 11.7 Å². The lowest BCUT2D eigenvalue weighted by molar-refractivity contribution is -0.125. The molecule has 0 heterocycles. The number of carbonyl (C=O) groups is 1. The maximum absolute atomic E-state index is 12.2. The topological polar surface area (TPSA) is 58.4 Å². The van der Waals surface area contributed by atoms with Crippen molar-refractivity contribution in [3.8, 4) is 0 Å². The zero-order valence-corrected chi connectivity index (χ0v) is 15.3. The van der Waals surface area contributed by atoms with Crippen molar-refractivity contribution in [1.82, 2.24) is 10.2 Å². The Kier molecular flexibility index (Phi) is 7.73. The van der Waals surface area contributed by atoms with Gasteiger partial charge in [-0.05, 0) is 49.9 Å². The van der Waals surface area contributed by atoms with E-state index in [-0.39, 0.29) is 17.9 Å². The predicted octanol–water partition coefficient (Wildman–Crippen LogP) is 3.05. The molecule has 2 unspecified atom stereocenters. The summed E-state index contributed by atoms with van der Waals surface area (Å²) in [5, 5.41) is 3.08. The second kappa shape index (κ2) is 9.80. The Morgan fingerprint density at radius 2 is 2.08 bits per heavy atom. The van der Waals surface area contributed by atoms with Gasteiger partial charge in [0.2, 0.25) is 5.91 Å². The second-order valence-corrected chi connectivity index (χ2v) is 7.03. The molecule has 1 aliphatic rings. The summed E-state index contributed by atoms with van der Waals surface area (Å²) in [4.78, 5) is 14.7. The summed E-state index contributed by atoms with van der Waals surface area (Å²) in [6.45, 7) is 8.26. The van der Waals surface area contributed by atoms with Crippen LogP contribution in [0.1, 0.15) is 57.1 Å². The van der Waals surface area contributed by atoms with Gasteiger partial charge in [-0.2, -0.15) is 0 Å². The summed E-state index contributed by atoms with van der Waals surface area (Å²) in [5.74, 6) is 0.263. The molecule has 0 radical (unpaired) electrons. The normalized spacial score (nSPS) is 20.5. The van der Waals surface area contributed by atoms with Gasteiger partial charge in [0.05, 0.1) is 0 Å². The largest absolute Gasteiger partial charge is 0.352 e. The van der Waals surface area contributed by atoms with Crippen LogP contribution in [0.3, 0.4) is 0 Å². The molecular weight excluding hydrogens is 298 g/mol. The first-order valence-electron chi connectivity index (χ1n) is 9.45. The minimum atomic E-state index is 0.104. The number of hydrogen-bond acceptors (Lipinski definition) is 3. The zero-order valence-electron chi connectivity index (χ0n) is 15.3. The van der Waals surface area contributed by atoms with Crippen LogP contribution in [0.25, 0.3) is 0 Å². The van der Waals surface area contributed by atoms with Crippen molar-refractivity contribution in [2.75, 3.05) is 13.1 Å². The lowest BCUT2D eigenvalue weighted by atomic mass is 10.1. The molecule has 1 aromatic rings. The van der Waals surface area contributed by atoms with E-state index in [0.29, 0.717) is 6.54 Å². The van der Waals surface area contributed by atoms with Crippen molar-refractivity contribution in [2.45, 2.75) is 65.1 Å². The van der Waals surface area contributed by atoms with E-state index in [0.717, 1.165) is 38.9 Å². The lowest BCUT2D eigenvalue weighted by Gasteiger charge is -2.20. The first kappa shape index (κ1) is 18.9. The van der Waals surface area contributed by atoms with Crippen LogP contribution in [-0.2, 0) is 17.9 Å². The van der Waals surface area contributed by atoms with Gasteiger partial charge in [-0.15, -0.1) is 0 Å². The van der Waals surface area contributed by atoms with E-state index < -0.39 is 0 Å². The van der Waals surface area contributed by atoms with Crippen LogP contribution in [0.5, 0.6) is 0 Å². The molecule has 3 N–H and O–H groups in total. The van der Waals surface area contributed by atoms with E-state index in [2.05, 4.69) is 48.3 Å². The van der Waals surface area contributed by atoms with Crippen molar-refractivity contribution < 1.29 is 4.79 Å². The highest BCUT2D eigenvalue weighted by Crippen LogP contribution is 2.24. The fourth-order valence-electron chi connectivity index (χ4n) is 3.41. The Hall–Kier alpha value is -1.39. The fraction of sp³-hybridized carbons (Fsp3) is 0.650. The van der Waals surface area contributed by atoms with Crippen LogP contribution in [-0.4, -0.2) is 29.9 Å². The third-order valence-electron chi connectivity index (χ3n) is 4.98. The molecule has 1 aliphatic carbocycles. The van der Waals surface area contributed by atoms with Crippen LogP contribution in [0.15, 0.2) is 24.3 Å². The van der Waals surface area contributed by atoms with E-state index >= 15 is 0 Å². The van der Waals surface area contributed by atoms with Crippen LogP contribution in [0.2, 0.25) is 0 Å². The van der Waals surface area contributed by atoms with E-state index in [1.807, 2.05) is 0 Å². The van der Waals surface area contributed by atoms with Gasteiger partial charge in [0.25, 0.3) is 0 Å². The van der Waals surface area contributed by atoms with Crippen molar-refractivity contribution in [3.63, 3.8) is 0 Å². The third-order valence-corrected chi connectivity index (χ3v) is 4.98. The molecule has 2 rings (SSSR count). The number of nitrogens with two attached hydrogens (primary N) is 1. The van der Waals surface area contributed by atoms with Crippen LogP contribution in [0.4, 0.5) is 0 Å². The smallest absolute Gasteiger partial charge is 0.223 e. The van der Waals surface area contributed by atoms with Crippen LogP contribution >= 0.6 is 0 Å². The van der Waals surface area contributed by atoms with Gasteiger partial charge >= 0.3 is 0 Å². The maximum Gasteiger partial charge on any atom is 0.223 e. The summed E-state index contributed by atoms with van der Waals surface area (Å²) < 4.78 is 0. The molecule has 0 aromatic heterocycles. The van der Waals surface area contributed by atoms with E-state index in [1.165, 1.54) is 24.0 Å². The molecule has 1 fully saturated rings. The Labute approximate surface area is 146 Å². The van der Waals surface area contributed by atoms with E-state index in [1.54, 1.807) is 0 Å². The molecule has 0 spiro atoms. The number of nitrogens with zero attached hydrogens (tertiary/aromatic N) is 1. The van der Waals surface area contributed by atoms with Crippen molar-refractivity contribution in [1.29, 1.82) is 0 Å². The monoisotopic (exact) mass is 331 g/mol. The van der Waals surface area contributed by atoms with Crippen molar-refractivity contribution in [3.05, 3.63) is 35.4 Å². The first-order chi connectivity index (χ1) is 11.6. The minimum Gasteiger partial charge on any atom is -0.352 e. The van der Waals surface area contributed by atoms with Gasteiger partial charge in [0.15, 0.2) is 0 Å². The van der Waals surface area contributed by atoms with Gasteiger partial charge in [0.1, 0.15) is 0 Å². The standard InChI is InChI=1S/C20H33N3O/c1-3-5-11-23(4-2)15-17-8-6-7-16(12-17)14-22-20(24)18-9-10-19(21)13-18/h6-8,12,18-19H,3-5,9-11,13-15,21H2,1-2H3,(H,22,24). The Bertz CT molecular complexity index is 517. The highest BCUT2D eigenvalue weighted by Gasteiger charge is 2.27. The van der Waals surface area contributed by atoms with Gasteiger partial charge < -0.3 is 11.1 Å². The molecule has 0 saturated heterocycles. The lowest BCUT2D eigenvalue weighted by Crippen LogP contribution is -2.30. The quantitative estimate of drug-likeness (QED) is 0.731. The molecule has 2 atom stereocenters. The average Bonchev–Trinajstić information content (AvgIpc) is 3.03. The molecule has 134 valence electrons. The highest BCUT2D eigenvalue weighted by atomic mass is 16.1. The van der Waals surface area contributed by atoms with Crippen LogP contribution < -0.4 is 11.1 Å². The molecule has 24 heavy (non-hydrogen) atoms. The number of carbonyl (C=O) groups excluding carboxylic acids is 1. The average molecular weight is 332 g/mol. The third kappa shape index (κ3) is 5.91. The van der Waals surface area contributed by atoms with E-state index in [9.17, 15) is 4.79 Å². The second-order valence-electron chi connectivity index (χ2n) is 7.03. The molecule has 0 bridgehead atoms. The maximum atomic E-state index is 12.2. The SMILES string of the molecule is CCCCN(CC)Cc1cccc(CNC(=O)C2CCC(N)C2)c1. The number of amides is 1. The number of rotatable bonds is 9. The number of hydrogen-bond donors (Lipinski definition) is 2. The Morgan fingerprint density at radius 1 is 1.29 bits per heavy atom. The molecule has 4 nitrogen and oxygen atoms in total. The molecule has 0 aliphatic heterocycles. The molecular formula is C20H33N3O. The highest BCUT2D eigenvalue weighted by molar-refractivity contribution is 5.79. The molecule has 1 aromatic carbocycles. The Morgan fingerprint density at radius 3 is 2.75 bits per heavy atom. The Balaban J connectivity index is 1.84. The molecule has 4 heteroatoms. The van der Waals surface area contributed by atoms with Gasteiger partial charge in [-0.3, -0.25) is 9.69 Å². The minimum absolute atomic E-state index is 0.104. The summed E-state index contributed by atoms with van der Waals surface area (Å²) in [7, 11) is 0. The number of nitrogens with one attached hydrogen (secondary N) is 1. The summed E-state index contributed by atoms with van der Waals surface area (Å²) >= 11 is 0. The van der Waals surface area contributed by atoms with Gasteiger partial charge in [0, 0.05) is 25.0 Å². The predicted molar refractivity (Wildman–Crippen MR) is 99.5 cm³/mol. The summed E-state index contributed by atoms with van der Waals surface area (Å²) in [6, 6.07) is 8.78. The van der Waals surface area contributed by atoms with Crippen molar-refractivity contribution >= 4 is 5.91 Å². The van der Waals surface area contributed by atoms with Gasteiger partial charge in [-0.25, -0.2) is 0 Å². The summed E-state index contributed by atoms with van der Waals surface area (Å²) in [5.41, 5.74) is 8.40. The number of unbranched alkanes of at least 4 members (excludes halogenated alkanes) is 1. The fourth-order valence-corrected chi connectivity index (χ4v) is 3.41. The number of benzene rings is 1. The molecule has 1 saturated carbocycles.